The van der Waals surface area contributed by atoms with E-state index in [-0.39, 0.29) is 17.2 Å². The molecule has 0 saturated carbocycles. The van der Waals surface area contributed by atoms with E-state index in [9.17, 15) is 9.59 Å². The molecule has 0 heterocycles. The summed E-state index contributed by atoms with van der Waals surface area (Å²) >= 11 is 0. The van der Waals surface area contributed by atoms with Gasteiger partial charge in [-0.25, -0.2) is 9.59 Å². The fourth-order valence-corrected chi connectivity index (χ4v) is 2.89. The smallest absolute Gasteiger partial charge is 0.339 e. The van der Waals surface area contributed by atoms with Gasteiger partial charge < -0.3 is 9.47 Å². The minimum atomic E-state index is -0.498. The van der Waals surface area contributed by atoms with Crippen LogP contribution < -0.4 is 0 Å². The zero-order chi connectivity index (χ0) is 20.6. The van der Waals surface area contributed by atoms with Crippen LogP contribution in [0.3, 0.4) is 0 Å². The predicted molar refractivity (Wildman–Crippen MR) is 114 cm³/mol. The summed E-state index contributed by atoms with van der Waals surface area (Å²) in [5.41, 5.74) is 0.507. The van der Waals surface area contributed by atoms with Crippen LogP contribution in [0.4, 0.5) is 0 Å². The first-order valence-electron chi connectivity index (χ1n) is 10.3. The largest absolute Gasteiger partial charge is 0.462 e. The number of rotatable bonds is 15. The first-order valence-corrected chi connectivity index (χ1v) is 10.3. The summed E-state index contributed by atoms with van der Waals surface area (Å²) in [6, 6.07) is 6.67. The lowest BCUT2D eigenvalue weighted by Crippen LogP contribution is -2.21. The van der Waals surface area contributed by atoms with E-state index in [1.54, 1.807) is 30.3 Å². The zero-order valence-corrected chi connectivity index (χ0v) is 17.2. The normalized spacial score (nSPS) is 11.5. The van der Waals surface area contributed by atoms with E-state index in [4.69, 9.17) is 9.47 Å². The molecule has 0 unspecified atom stereocenters. The van der Waals surface area contributed by atoms with Crippen molar-refractivity contribution in [3.63, 3.8) is 0 Å². The monoisotopic (exact) mass is 386 g/mol. The number of hydrogen-bond donors (Lipinski definition) is 0. The summed E-state index contributed by atoms with van der Waals surface area (Å²) < 4.78 is 11.0. The predicted octanol–water partition coefficient (Wildman–Crippen LogP) is 6.27. The van der Waals surface area contributed by atoms with Gasteiger partial charge in [0.1, 0.15) is 6.10 Å². The maximum absolute atomic E-state index is 12.7. The molecule has 4 nitrogen and oxygen atoms in total. The van der Waals surface area contributed by atoms with Gasteiger partial charge in [0, 0.05) is 0 Å². The van der Waals surface area contributed by atoms with E-state index in [0.29, 0.717) is 13.0 Å². The van der Waals surface area contributed by atoms with Crippen LogP contribution in [0.1, 0.15) is 85.4 Å². The molecule has 0 saturated heterocycles. The van der Waals surface area contributed by atoms with Crippen LogP contribution in [0.2, 0.25) is 0 Å². The molecular weight excluding hydrogens is 352 g/mol. The van der Waals surface area contributed by atoms with Gasteiger partial charge in [-0.3, -0.25) is 0 Å². The van der Waals surface area contributed by atoms with Gasteiger partial charge in [0.15, 0.2) is 0 Å². The SMILES string of the molecule is C=CCCCOC(=O)c1ccccc1C(=O)O[C@@H](CCC=C)CCCCCC. The molecule has 0 amide bonds. The molecule has 154 valence electrons. The number of ether oxygens (including phenoxy) is 2. The molecule has 0 aliphatic heterocycles. The number of allylic oxidation sites excluding steroid dienone is 2. The van der Waals surface area contributed by atoms with Crippen LogP contribution in [-0.2, 0) is 9.47 Å². The highest BCUT2D eigenvalue weighted by atomic mass is 16.5. The van der Waals surface area contributed by atoms with E-state index in [1.165, 1.54) is 12.8 Å². The third-order valence-electron chi connectivity index (χ3n) is 4.50. The molecule has 1 aromatic rings. The topological polar surface area (TPSA) is 52.6 Å². The van der Waals surface area contributed by atoms with E-state index in [2.05, 4.69) is 20.1 Å². The molecule has 0 radical (unpaired) electrons. The molecule has 0 N–H and O–H groups in total. The van der Waals surface area contributed by atoms with Crippen LogP contribution in [0.25, 0.3) is 0 Å². The van der Waals surface area contributed by atoms with Gasteiger partial charge in [0.2, 0.25) is 0 Å². The van der Waals surface area contributed by atoms with Crippen molar-refractivity contribution in [3.8, 4) is 0 Å². The Hall–Kier alpha value is -2.36. The molecule has 0 aliphatic rings. The lowest BCUT2D eigenvalue weighted by Gasteiger charge is -2.18. The maximum atomic E-state index is 12.7. The minimum absolute atomic E-state index is 0.168. The number of esters is 2. The van der Waals surface area contributed by atoms with Crippen LogP contribution in [0, 0.1) is 0 Å². The molecule has 1 rings (SSSR count). The quantitative estimate of drug-likeness (QED) is 0.202. The maximum Gasteiger partial charge on any atom is 0.339 e. The van der Waals surface area contributed by atoms with Crippen LogP contribution in [-0.4, -0.2) is 24.6 Å². The van der Waals surface area contributed by atoms with E-state index in [0.717, 1.165) is 38.5 Å². The lowest BCUT2D eigenvalue weighted by atomic mass is 10.0. The highest BCUT2D eigenvalue weighted by molar-refractivity contribution is 6.03. The van der Waals surface area contributed by atoms with Crippen LogP contribution in [0.5, 0.6) is 0 Å². The number of carbonyl (C=O) groups excluding carboxylic acids is 2. The summed E-state index contributed by atoms with van der Waals surface area (Å²) in [6.45, 7) is 9.86. The Kier molecular flexibility index (Phi) is 12.4. The third kappa shape index (κ3) is 9.03. The summed E-state index contributed by atoms with van der Waals surface area (Å²) in [6.07, 6.45) is 11.8. The fraction of sp³-hybridized carbons (Fsp3) is 0.500. The van der Waals surface area contributed by atoms with Gasteiger partial charge in [-0.2, -0.15) is 0 Å². The zero-order valence-electron chi connectivity index (χ0n) is 17.2. The first-order chi connectivity index (χ1) is 13.6. The van der Waals surface area contributed by atoms with Gasteiger partial charge >= 0.3 is 11.9 Å². The molecule has 28 heavy (non-hydrogen) atoms. The van der Waals surface area contributed by atoms with E-state index in [1.807, 2.05) is 6.08 Å². The Morgan fingerprint density at radius 2 is 1.61 bits per heavy atom. The van der Waals surface area contributed by atoms with Crippen molar-refractivity contribution < 1.29 is 19.1 Å². The minimum Gasteiger partial charge on any atom is -0.462 e. The van der Waals surface area contributed by atoms with Crippen molar-refractivity contribution >= 4 is 11.9 Å². The second kappa shape index (κ2) is 14.7. The van der Waals surface area contributed by atoms with Gasteiger partial charge in [0.25, 0.3) is 0 Å². The highest BCUT2D eigenvalue weighted by Crippen LogP contribution is 2.18. The Morgan fingerprint density at radius 1 is 0.929 bits per heavy atom. The third-order valence-corrected chi connectivity index (χ3v) is 4.50. The molecule has 0 bridgehead atoms. The fourth-order valence-electron chi connectivity index (χ4n) is 2.89. The standard InChI is InChI=1S/C24H34O4/c1-4-7-10-11-16-20(15-9-6-3)28-24(26)22-18-13-12-17-21(22)23(25)27-19-14-8-5-2/h5-6,12-13,17-18,20H,2-4,7-11,14-16,19H2,1H3/t20-/m0/s1. The Bertz CT molecular complexity index is 621. The van der Waals surface area contributed by atoms with E-state index < -0.39 is 11.9 Å². The van der Waals surface area contributed by atoms with Crippen molar-refractivity contribution in [3.05, 3.63) is 60.7 Å². The van der Waals surface area contributed by atoms with Crippen molar-refractivity contribution in [2.75, 3.05) is 6.61 Å². The highest BCUT2D eigenvalue weighted by Gasteiger charge is 2.21. The summed E-state index contributed by atoms with van der Waals surface area (Å²) in [5.74, 6) is -0.967. The molecule has 4 heteroatoms. The van der Waals surface area contributed by atoms with Crippen molar-refractivity contribution in [1.82, 2.24) is 0 Å². The lowest BCUT2D eigenvalue weighted by molar-refractivity contribution is 0.0248. The number of benzene rings is 1. The molecule has 0 aromatic heterocycles. The molecular formula is C24H34O4. The number of carbonyl (C=O) groups is 2. The summed E-state index contributed by atoms with van der Waals surface area (Å²) in [4.78, 5) is 25.1. The number of hydrogen-bond acceptors (Lipinski definition) is 4. The van der Waals surface area contributed by atoms with Crippen molar-refractivity contribution in [1.29, 1.82) is 0 Å². The van der Waals surface area contributed by atoms with Crippen LogP contribution >= 0.6 is 0 Å². The Morgan fingerprint density at radius 3 is 2.25 bits per heavy atom. The Balaban J connectivity index is 2.75. The average molecular weight is 387 g/mol. The Labute approximate surface area is 169 Å². The molecule has 0 fully saturated rings. The summed E-state index contributed by atoms with van der Waals surface area (Å²) in [5, 5.41) is 0. The molecule has 1 aromatic carbocycles. The average Bonchev–Trinajstić information content (AvgIpc) is 2.72. The number of unbranched alkanes of at least 4 members (excludes halogenated alkanes) is 4. The van der Waals surface area contributed by atoms with Gasteiger partial charge in [-0.1, -0.05) is 50.5 Å². The van der Waals surface area contributed by atoms with Crippen molar-refractivity contribution in [2.24, 2.45) is 0 Å². The molecule has 0 aliphatic carbocycles. The van der Waals surface area contributed by atoms with Gasteiger partial charge in [-0.05, 0) is 50.7 Å². The second-order valence-corrected chi connectivity index (χ2v) is 6.86. The summed E-state index contributed by atoms with van der Waals surface area (Å²) in [7, 11) is 0. The van der Waals surface area contributed by atoms with Crippen molar-refractivity contribution in [2.45, 2.75) is 70.8 Å². The van der Waals surface area contributed by atoms with Crippen LogP contribution in [0.15, 0.2) is 49.6 Å². The first kappa shape index (κ1) is 23.7. The molecule has 0 spiro atoms. The van der Waals surface area contributed by atoms with E-state index >= 15 is 0 Å². The molecule has 1 atom stereocenters. The van der Waals surface area contributed by atoms with Gasteiger partial charge in [-0.15, -0.1) is 13.2 Å². The van der Waals surface area contributed by atoms with Gasteiger partial charge in [0.05, 0.1) is 17.7 Å². The second-order valence-electron chi connectivity index (χ2n) is 6.86.